The molecule has 5 nitrogen and oxygen atoms in total. The fraction of sp³-hybridized carbons (Fsp3) is 0.320. The van der Waals surface area contributed by atoms with Crippen LogP contribution < -0.4 is 4.74 Å². The Morgan fingerprint density at radius 1 is 1.00 bits per heavy atom. The van der Waals surface area contributed by atoms with Crippen LogP contribution in [0.5, 0.6) is 5.75 Å². The van der Waals surface area contributed by atoms with Crippen molar-refractivity contribution in [1.29, 1.82) is 0 Å². The lowest BCUT2D eigenvalue weighted by molar-refractivity contribution is -0.140. The molecule has 34 heavy (non-hydrogen) atoms. The number of halogens is 4. The zero-order valence-corrected chi connectivity index (χ0v) is 22.3. The van der Waals surface area contributed by atoms with Crippen LogP contribution in [0.25, 0.3) is 0 Å². The van der Waals surface area contributed by atoms with Crippen molar-refractivity contribution in [2.75, 3.05) is 0 Å². The van der Waals surface area contributed by atoms with Gasteiger partial charge in [-0.3, -0.25) is 9.59 Å². The van der Waals surface area contributed by atoms with Gasteiger partial charge in [0.15, 0.2) is 0 Å². The Morgan fingerprint density at radius 3 is 2.21 bits per heavy atom. The Bertz CT molecular complexity index is 1240. The van der Waals surface area contributed by atoms with Crippen molar-refractivity contribution >= 4 is 73.1 Å². The van der Waals surface area contributed by atoms with Crippen molar-refractivity contribution in [3.8, 4) is 5.75 Å². The summed E-state index contributed by atoms with van der Waals surface area (Å²) in [5.74, 6) is 1.26. The highest BCUT2D eigenvalue weighted by Crippen LogP contribution is 2.65. The van der Waals surface area contributed by atoms with Crippen LogP contribution in [0.2, 0.25) is 10.0 Å². The molecule has 2 amide bonds. The first kappa shape index (κ1) is 22.8. The van der Waals surface area contributed by atoms with Gasteiger partial charge in [-0.2, -0.15) is 10.1 Å². The number of nitrogens with zero attached hydrogens (tertiary/aromatic N) is 2. The molecule has 3 fully saturated rings. The molecular weight excluding hydrogens is 607 g/mol. The van der Waals surface area contributed by atoms with Crippen LogP contribution in [0.3, 0.4) is 0 Å². The number of imide groups is 1. The number of ether oxygens (including phenoxy) is 1. The second-order valence-electron chi connectivity index (χ2n) is 9.23. The van der Waals surface area contributed by atoms with E-state index in [0.717, 1.165) is 22.6 Å². The number of hydrogen-bond acceptors (Lipinski definition) is 4. The van der Waals surface area contributed by atoms with Crippen LogP contribution >= 0.6 is 55.1 Å². The molecule has 1 saturated heterocycles. The second kappa shape index (κ2) is 8.47. The van der Waals surface area contributed by atoms with E-state index in [1.165, 1.54) is 0 Å². The average molecular weight is 625 g/mol. The smallest absolute Gasteiger partial charge is 0.254 e. The highest BCUT2D eigenvalue weighted by molar-refractivity contribution is 9.11. The highest BCUT2D eigenvalue weighted by atomic mass is 79.9. The summed E-state index contributed by atoms with van der Waals surface area (Å²) in [5.41, 5.74) is 1.53. The molecule has 1 heterocycles. The van der Waals surface area contributed by atoms with Gasteiger partial charge in [-0.05, 0) is 91.8 Å². The van der Waals surface area contributed by atoms with E-state index in [-0.39, 0.29) is 42.1 Å². The summed E-state index contributed by atoms with van der Waals surface area (Å²) in [5, 5.41) is 6.49. The third kappa shape index (κ3) is 3.67. The minimum atomic E-state index is -0.252. The zero-order valence-electron chi connectivity index (χ0n) is 17.6. The van der Waals surface area contributed by atoms with E-state index >= 15 is 0 Å². The number of benzene rings is 2. The maximum Gasteiger partial charge on any atom is 0.254 e. The molecule has 6 atom stereocenters. The number of carbonyl (C=O) groups excluding carboxylic acids is 2. The minimum Gasteiger partial charge on any atom is -0.486 e. The molecule has 2 bridgehead atoms. The molecule has 2 saturated carbocycles. The summed E-state index contributed by atoms with van der Waals surface area (Å²) in [4.78, 5) is 26.2. The van der Waals surface area contributed by atoms with Gasteiger partial charge in [0.05, 0.1) is 27.0 Å². The molecule has 0 aromatic heterocycles. The number of rotatable bonds is 5. The molecule has 0 unspecified atom stereocenters. The molecule has 9 heteroatoms. The van der Waals surface area contributed by atoms with Gasteiger partial charge in [-0.25, -0.2) is 0 Å². The Morgan fingerprint density at radius 2 is 1.62 bits per heavy atom. The van der Waals surface area contributed by atoms with Crippen molar-refractivity contribution in [3.63, 3.8) is 0 Å². The van der Waals surface area contributed by atoms with Crippen LogP contribution in [-0.2, 0) is 16.2 Å². The van der Waals surface area contributed by atoms with Crippen molar-refractivity contribution in [2.45, 2.75) is 13.0 Å². The Hall–Kier alpha value is -1.67. The van der Waals surface area contributed by atoms with E-state index in [1.54, 1.807) is 18.3 Å². The van der Waals surface area contributed by atoms with E-state index < -0.39 is 0 Å². The topological polar surface area (TPSA) is 59.0 Å². The molecule has 4 aliphatic carbocycles. The summed E-state index contributed by atoms with van der Waals surface area (Å²) in [6.45, 7) is 0.262. The van der Waals surface area contributed by atoms with E-state index in [2.05, 4.69) is 49.1 Å². The van der Waals surface area contributed by atoms with E-state index in [9.17, 15) is 9.59 Å². The molecule has 2 aromatic rings. The largest absolute Gasteiger partial charge is 0.486 e. The lowest BCUT2D eigenvalue weighted by Gasteiger charge is -2.37. The Kier molecular flexibility index (Phi) is 5.67. The number of amides is 2. The molecule has 174 valence electrons. The zero-order chi connectivity index (χ0) is 23.7. The first-order valence-corrected chi connectivity index (χ1v) is 13.3. The van der Waals surface area contributed by atoms with Crippen LogP contribution in [0.4, 0.5) is 0 Å². The summed E-state index contributed by atoms with van der Waals surface area (Å²) in [7, 11) is 0. The lowest BCUT2D eigenvalue weighted by atomic mass is 9.63. The summed E-state index contributed by atoms with van der Waals surface area (Å²) >= 11 is 19.3. The first-order chi connectivity index (χ1) is 16.3. The molecule has 0 N–H and O–H groups in total. The molecule has 0 spiro atoms. The van der Waals surface area contributed by atoms with E-state index in [0.29, 0.717) is 36.6 Å². The van der Waals surface area contributed by atoms with Gasteiger partial charge in [0.1, 0.15) is 12.4 Å². The fourth-order valence-electron chi connectivity index (χ4n) is 5.76. The predicted octanol–water partition coefficient (Wildman–Crippen LogP) is 6.48. The fourth-order valence-corrected chi connectivity index (χ4v) is 7.67. The van der Waals surface area contributed by atoms with Crippen LogP contribution in [0.1, 0.15) is 17.5 Å². The summed E-state index contributed by atoms with van der Waals surface area (Å²) < 4.78 is 7.35. The van der Waals surface area contributed by atoms with E-state index in [1.807, 2.05) is 18.2 Å². The molecule has 0 radical (unpaired) electrons. The number of allylic oxidation sites excluding steroid dienone is 2. The van der Waals surface area contributed by atoms with Gasteiger partial charge in [0, 0.05) is 15.6 Å². The van der Waals surface area contributed by atoms with Gasteiger partial charge in [-0.1, -0.05) is 41.4 Å². The number of hydrogen-bond donors (Lipinski definition) is 0. The summed E-state index contributed by atoms with van der Waals surface area (Å²) in [6, 6.07) is 8.90. The van der Waals surface area contributed by atoms with Gasteiger partial charge >= 0.3 is 0 Å². The number of hydrazone groups is 1. The monoisotopic (exact) mass is 622 g/mol. The molecule has 5 aliphatic rings. The third-order valence-corrected chi connectivity index (χ3v) is 9.13. The minimum absolute atomic E-state index is 0.172. The maximum atomic E-state index is 13.1. The third-order valence-electron chi connectivity index (χ3n) is 7.37. The molecule has 1 aliphatic heterocycles. The quantitative estimate of drug-likeness (QED) is 0.217. The normalized spacial score (nSPS) is 30.8. The van der Waals surface area contributed by atoms with Crippen molar-refractivity contribution < 1.29 is 14.3 Å². The van der Waals surface area contributed by atoms with Crippen molar-refractivity contribution in [2.24, 2.45) is 40.6 Å². The Balaban J connectivity index is 1.18. The summed E-state index contributed by atoms with van der Waals surface area (Å²) in [6.07, 6.45) is 6.99. The second-order valence-corrected chi connectivity index (χ2v) is 11.8. The maximum absolute atomic E-state index is 13.1. The molecule has 2 aromatic carbocycles. The SMILES string of the molecule is O=C1[C@@H]2[C@H]3C=C[C@@H]([C@@H]4C[C@H]34)[C@H]2C(=O)N1/N=C\c1cc(Br)c(OCc2ccc(Cl)cc2Cl)c(Br)c1. The van der Waals surface area contributed by atoms with E-state index in [4.69, 9.17) is 27.9 Å². The molecular formula is C25H18Br2Cl2N2O3. The average Bonchev–Trinajstić information content (AvgIpc) is 3.57. The lowest BCUT2D eigenvalue weighted by Crippen LogP contribution is -2.40. The van der Waals surface area contributed by atoms with Crippen LogP contribution in [0, 0.1) is 35.5 Å². The van der Waals surface area contributed by atoms with Gasteiger partial charge < -0.3 is 4.74 Å². The first-order valence-electron chi connectivity index (χ1n) is 11.0. The van der Waals surface area contributed by atoms with Gasteiger partial charge in [-0.15, -0.1) is 0 Å². The van der Waals surface area contributed by atoms with Crippen LogP contribution in [0.15, 0.2) is 56.5 Å². The van der Waals surface area contributed by atoms with Crippen LogP contribution in [-0.4, -0.2) is 23.0 Å². The van der Waals surface area contributed by atoms with Gasteiger partial charge in [0.25, 0.3) is 11.8 Å². The predicted molar refractivity (Wildman–Crippen MR) is 137 cm³/mol. The van der Waals surface area contributed by atoms with Crippen molar-refractivity contribution in [1.82, 2.24) is 5.01 Å². The van der Waals surface area contributed by atoms with Crippen molar-refractivity contribution in [3.05, 3.63) is 72.6 Å². The highest BCUT2D eigenvalue weighted by Gasteiger charge is 2.67. The molecule has 7 rings (SSSR count). The number of carbonyl (C=O) groups is 2. The Labute approximate surface area is 223 Å². The standard InChI is InChI=1S/C25H18Br2Cl2N2O3/c26-18-5-11(6-19(27)23(18)34-10-12-1-2-13(28)7-20(12)29)9-30-31-24(32)21-14-3-4-15(17-8-16(14)17)22(21)25(31)33/h1-7,9,14-17,21-22H,8,10H2/b30-9-/t14-,15-,16-,17+,21+,22+/m0/s1. The van der Waals surface area contributed by atoms with Gasteiger partial charge in [0.2, 0.25) is 0 Å².